The van der Waals surface area contributed by atoms with Gasteiger partial charge in [0.1, 0.15) is 12.7 Å². The number of hydrogen-bond acceptors (Lipinski definition) is 5. The number of Topliss-reactive ketones (excluding diaryl/α,β-unsaturated/α-hetero) is 1. The van der Waals surface area contributed by atoms with Crippen LogP contribution in [0.15, 0.2) is 53.6 Å². The molecule has 1 aromatic carbocycles. The van der Waals surface area contributed by atoms with E-state index in [-0.39, 0.29) is 70.1 Å². The van der Waals surface area contributed by atoms with Gasteiger partial charge in [0.2, 0.25) is 0 Å². The summed E-state index contributed by atoms with van der Waals surface area (Å²) in [4.78, 5) is 40.7. The van der Waals surface area contributed by atoms with Crippen LogP contribution in [0.2, 0.25) is 0 Å². The van der Waals surface area contributed by atoms with E-state index in [2.05, 4.69) is 26.8 Å². The number of allylic oxidation sites excluding steroid dienone is 4. The molecule has 0 heterocycles. The second kappa shape index (κ2) is 11.2. The molecule has 6 rings (SSSR count). The minimum Gasteiger partial charge on any atom is -0.461 e. The first-order chi connectivity index (χ1) is 20.3. The average molecular weight is 584 g/mol. The SMILES string of the molecule is CC.CC12CCC(C(=O)OCc3ccccc3)CC1C1C(=O)C=C3C4(C)C=C(C#N)C(=O)C(C)(C)C4CCC3(C)C1CC2. The van der Waals surface area contributed by atoms with Gasteiger partial charge in [-0.2, -0.15) is 5.26 Å². The highest BCUT2D eigenvalue weighted by molar-refractivity contribution is 6.04. The van der Waals surface area contributed by atoms with E-state index in [1.54, 1.807) is 0 Å². The smallest absolute Gasteiger partial charge is 0.309 e. The molecular formula is C38H49NO4. The Labute approximate surface area is 258 Å². The first kappa shape index (κ1) is 31.4. The van der Waals surface area contributed by atoms with Gasteiger partial charge < -0.3 is 4.74 Å². The average Bonchev–Trinajstić information content (AvgIpc) is 2.99. The van der Waals surface area contributed by atoms with Crippen LogP contribution in [0.25, 0.3) is 0 Å². The van der Waals surface area contributed by atoms with Crippen molar-refractivity contribution in [1.82, 2.24) is 0 Å². The van der Waals surface area contributed by atoms with Gasteiger partial charge in [-0.05, 0) is 85.2 Å². The zero-order valence-corrected chi connectivity index (χ0v) is 27.2. The molecule has 5 nitrogen and oxygen atoms in total. The molecule has 0 spiro atoms. The van der Waals surface area contributed by atoms with Crippen molar-refractivity contribution >= 4 is 17.5 Å². The van der Waals surface area contributed by atoms with Crippen LogP contribution in [-0.2, 0) is 25.7 Å². The molecule has 43 heavy (non-hydrogen) atoms. The van der Waals surface area contributed by atoms with E-state index in [0.717, 1.165) is 49.7 Å². The van der Waals surface area contributed by atoms with E-state index in [4.69, 9.17) is 4.74 Å². The van der Waals surface area contributed by atoms with Gasteiger partial charge in [-0.25, -0.2) is 0 Å². The standard InChI is InChI=1S/C36H43NO4.C2H6/c1-33(2)28-13-16-35(4)25-12-15-34(3)14-11-23(32(40)41-21-22-9-7-6-8-10-22)17-26(34)30(25)27(38)18-29(35)36(28,5)19-24(20-37)31(33)39;1-2/h6-10,18-19,23,25-26,28,30H,11-17,21H2,1-5H3;1-2H3. The number of carbonyl (C=O) groups excluding carboxylic acids is 3. The normalized spacial score (nSPS) is 39.2. The maximum atomic E-state index is 14.3. The third kappa shape index (κ3) is 4.84. The Bertz CT molecular complexity index is 1400. The lowest BCUT2D eigenvalue weighted by molar-refractivity contribution is -0.160. The molecule has 3 saturated carbocycles. The third-order valence-corrected chi connectivity index (χ3v) is 12.5. The summed E-state index contributed by atoms with van der Waals surface area (Å²) in [6.07, 6.45) is 10.2. The summed E-state index contributed by atoms with van der Waals surface area (Å²) in [5, 5.41) is 9.87. The monoisotopic (exact) mass is 583 g/mol. The van der Waals surface area contributed by atoms with Gasteiger partial charge in [0.15, 0.2) is 11.6 Å². The molecule has 3 fully saturated rings. The molecule has 0 aromatic heterocycles. The first-order valence-corrected chi connectivity index (χ1v) is 16.5. The van der Waals surface area contributed by atoms with Gasteiger partial charge in [-0.1, -0.05) is 90.4 Å². The maximum Gasteiger partial charge on any atom is 0.309 e. The number of fused-ring (bicyclic) bond motifs is 7. The molecule has 0 bridgehead atoms. The summed E-state index contributed by atoms with van der Waals surface area (Å²) in [6, 6.07) is 12.0. The van der Waals surface area contributed by atoms with Crippen molar-refractivity contribution in [3.63, 3.8) is 0 Å². The van der Waals surface area contributed by atoms with E-state index in [1.807, 2.05) is 70.2 Å². The van der Waals surface area contributed by atoms with Gasteiger partial charge in [0.05, 0.1) is 11.5 Å². The van der Waals surface area contributed by atoms with Crippen LogP contribution >= 0.6 is 0 Å². The van der Waals surface area contributed by atoms with Gasteiger partial charge >= 0.3 is 5.97 Å². The van der Waals surface area contributed by atoms with Crippen molar-refractivity contribution in [3.05, 3.63) is 59.2 Å². The summed E-state index contributed by atoms with van der Waals surface area (Å²) in [6.45, 7) is 15.1. The zero-order chi connectivity index (χ0) is 31.4. The van der Waals surface area contributed by atoms with Crippen LogP contribution in [0.4, 0.5) is 0 Å². The molecule has 0 radical (unpaired) electrons. The number of ketones is 2. The maximum absolute atomic E-state index is 14.3. The molecule has 5 aliphatic rings. The second-order valence-electron chi connectivity index (χ2n) is 15.0. The van der Waals surface area contributed by atoms with E-state index in [1.165, 1.54) is 0 Å². The molecule has 0 amide bonds. The molecule has 0 aliphatic heterocycles. The fourth-order valence-corrected chi connectivity index (χ4v) is 10.3. The number of ether oxygens (including phenoxy) is 1. The summed E-state index contributed by atoms with van der Waals surface area (Å²) >= 11 is 0. The number of nitriles is 1. The van der Waals surface area contributed by atoms with Crippen LogP contribution in [0, 0.1) is 62.6 Å². The molecule has 0 saturated heterocycles. The van der Waals surface area contributed by atoms with Crippen LogP contribution < -0.4 is 0 Å². The number of hydrogen-bond donors (Lipinski definition) is 0. The lowest BCUT2D eigenvalue weighted by atomic mass is 9.39. The van der Waals surface area contributed by atoms with Crippen molar-refractivity contribution in [2.24, 2.45) is 51.2 Å². The van der Waals surface area contributed by atoms with Crippen molar-refractivity contribution in [3.8, 4) is 6.07 Å². The highest BCUT2D eigenvalue weighted by Crippen LogP contribution is 2.69. The number of benzene rings is 1. The lowest BCUT2D eigenvalue weighted by Gasteiger charge is -2.64. The molecule has 8 atom stereocenters. The van der Waals surface area contributed by atoms with Gasteiger partial charge in [-0.15, -0.1) is 0 Å². The molecule has 1 aromatic rings. The largest absolute Gasteiger partial charge is 0.461 e. The first-order valence-electron chi connectivity index (χ1n) is 16.5. The summed E-state index contributed by atoms with van der Waals surface area (Å²) in [7, 11) is 0. The van der Waals surface area contributed by atoms with Crippen LogP contribution in [0.3, 0.4) is 0 Å². The Morgan fingerprint density at radius 3 is 2.30 bits per heavy atom. The number of nitrogens with zero attached hydrogens (tertiary/aromatic N) is 1. The van der Waals surface area contributed by atoms with Crippen molar-refractivity contribution in [1.29, 1.82) is 5.26 Å². The van der Waals surface area contributed by atoms with Crippen molar-refractivity contribution in [2.45, 2.75) is 100 Å². The van der Waals surface area contributed by atoms with E-state index < -0.39 is 10.8 Å². The minimum absolute atomic E-state index is 0.0446. The fraction of sp³-hybridized carbons (Fsp3) is 0.632. The minimum atomic E-state index is -0.654. The van der Waals surface area contributed by atoms with Crippen molar-refractivity contribution < 1.29 is 19.1 Å². The molecule has 5 aliphatic carbocycles. The molecule has 230 valence electrons. The zero-order valence-electron chi connectivity index (χ0n) is 27.2. The molecule has 5 heteroatoms. The summed E-state index contributed by atoms with van der Waals surface area (Å²) in [5.74, 6) is 0.0746. The number of carbonyl (C=O) groups is 3. The van der Waals surface area contributed by atoms with E-state index >= 15 is 0 Å². The Hall–Kier alpha value is -3.00. The number of esters is 1. The summed E-state index contributed by atoms with van der Waals surface area (Å²) in [5.41, 5.74) is 1.04. The summed E-state index contributed by atoms with van der Waals surface area (Å²) < 4.78 is 5.77. The number of rotatable bonds is 3. The highest BCUT2D eigenvalue weighted by atomic mass is 16.5. The van der Waals surface area contributed by atoms with E-state index in [0.29, 0.717) is 6.42 Å². The topological polar surface area (TPSA) is 84.2 Å². The Kier molecular flexibility index (Phi) is 8.16. The predicted molar refractivity (Wildman–Crippen MR) is 167 cm³/mol. The van der Waals surface area contributed by atoms with Crippen LogP contribution in [0.5, 0.6) is 0 Å². The second-order valence-corrected chi connectivity index (χ2v) is 15.0. The molecular weight excluding hydrogens is 534 g/mol. The van der Waals surface area contributed by atoms with Gasteiger partial charge in [-0.3, -0.25) is 14.4 Å². The van der Waals surface area contributed by atoms with Crippen molar-refractivity contribution in [2.75, 3.05) is 0 Å². The Balaban J connectivity index is 0.00000180. The Morgan fingerprint density at radius 1 is 0.953 bits per heavy atom. The lowest BCUT2D eigenvalue weighted by Crippen LogP contribution is -2.60. The Morgan fingerprint density at radius 2 is 1.63 bits per heavy atom. The third-order valence-electron chi connectivity index (χ3n) is 12.5. The van der Waals surface area contributed by atoms with Gasteiger partial charge in [0.25, 0.3) is 0 Å². The van der Waals surface area contributed by atoms with Crippen LogP contribution in [0.1, 0.15) is 99.0 Å². The van der Waals surface area contributed by atoms with E-state index in [9.17, 15) is 19.6 Å². The quantitative estimate of drug-likeness (QED) is 0.335. The van der Waals surface area contributed by atoms with Gasteiger partial charge in [0, 0.05) is 16.7 Å². The fourth-order valence-electron chi connectivity index (χ4n) is 10.3. The van der Waals surface area contributed by atoms with Crippen LogP contribution in [-0.4, -0.2) is 17.5 Å². The predicted octanol–water partition coefficient (Wildman–Crippen LogP) is 8.20. The molecule has 0 N–H and O–H groups in total. The molecule has 8 unspecified atom stereocenters. The highest BCUT2D eigenvalue weighted by Gasteiger charge is 2.65.